The van der Waals surface area contributed by atoms with Crippen molar-refractivity contribution < 1.29 is 4.79 Å². The van der Waals surface area contributed by atoms with Gasteiger partial charge in [0.1, 0.15) is 5.69 Å². The third-order valence-corrected chi connectivity index (χ3v) is 5.00. The second-order valence-electron chi connectivity index (χ2n) is 8.24. The molecular weight excluding hydrogens is 398 g/mol. The van der Waals surface area contributed by atoms with Crippen molar-refractivity contribution in [2.45, 2.75) is 27.7 Å². The van der Waals surface area contributed by atoms with Crippen LogP contribution in [0, 0.1) is 12.3 Å². The number of carbonyl (C=O) groups excluding carboxylic acids is 1. The molecule has 1 amide bonds. The van der Waals surface area contributed by atoms with Gasteiger partial charge in [-0.25, -0.2) is 9.50 Å². The van der Waals surface area contributed by atoms with Crippen LogP contribution in [0.3, 0.4) is 0 Å². The third-order valence-electron chi connectivity index (χ3n) is 4.77. The minimum absolute atomic E-state index is 0.0282. The van der Waals surface area contributed by atoms with E-state index in [1.807, 2.05) is 70.3 Å². The number of fused-ring (bicyclic) bond motifs is 1. The zero-order valence-electron chi connectivity index (χ0n) is 17.3. The van der Waals surface area contributed by atoms with Crippen LogP contribution >= 0.6 is 11.6 Å². The summed E-state index contributed by atoms with van der Waals surface area (Å²) in [5, 5.41) is 8.22. The highest BCUT2D eigenvalue weighted by Gasteiger charge is 2.22. The van der Waals surface area contributed by atoms with Crippen LogP contribution in [0.1, 0.15) is 26.3 Å². The fraction of sp³-hybridized carbons (Fsp3) is 0.217. The van der Waals surface area contributed by atoms with Crippen LogP contribution < -0.4 is 5.32 Å². The lowest BCUT2D eigenvalue weighted by Gasteiger charge is -2.19. The molecule has 4 rings (SSSR count). The topological polar surface area (TPSA) is 72.2 Å². The molecule has 0 saturated heterocycles. The van der Waals surface area contributed by atoms with Gasteiger partial charge in [0.15, 0.2) is 5.65 Å². The summed E-state index contributed by atoms with van der Waals surface area (Å²) in [6.07, 6.45) is 3.47. The van der Waals surface area contributed by atoms with E-state index in [-0.39, 0.29) is 5.91 Å². The molecular formula is C23H22ClN5O. The van der Waals surface area contributed by atoms with Crippen LogP contribution in [-0.4, -0.2) is 25.5 Å². The molecule has 1 N–H and O–H groups in total. The molecule has 30 heavy (non-hydrogen) atoms. The number of anilines is 1. The lowest BCUT2D eigenvalue weighted by Crippen LogP contribution is -2.27. The zero-order valence-corrected chi connectivity index (χ0v) is 18.0. The predicted molar refractivity (Wildman–Crippen MR) is 119 cm³/mol. The van der Waals surface area contributed by atoms with Gasteiger partial charge in [-0.15, -0.1) is 0 Å². The van der Waals surface area contributed by atoms with E-state index in [1.54, 1.807) is 16.8 Å². The van der Waals surface area contributed by atoms with Gasteiger partial charge in [-0.2, -0.15) is 5.10 Å². The van der Waals surface area contributed by atoms with E-state index in [2.05, 4.69) is 20.4 Å². The summed E-state index contributed by atoms with van der Waals surface area (Å²) in [5.74, 6) is -0.0282. The lowest BCUT2D eigenvalue weighted by atomic mass is 9.95. The highest BCUT2D eigenvalue weighted by atomic mass is 35.5. The minimum atomic E-state index is -0.471. The van der Waals surface area contributed by atoms with E-state index in [1.165, 1.54) is 0 Å². The SMILES string of the molecule is Cc1ccc(-c2cn3nc(-c4ccc(Cl)cn4)ccc3n2)cc1NC(=O)C(C)(C)C. The third kappa shape index (κ3) is 4.04. The monoisotopic (exact) mass is 419 g/mol. The molecule has 7 heteroatoms. The fourth-order valence-corrected chi connectivity index (χ4v) is 3.02. The Bertz CT molecular complexity index is 1240. The standard InChI is InChI=1S/C23H22ClN5O/c1-14-5-6-15(11-19(14)27-22(30)23(2,3)4)20-13-29-21(26-20)10-9-18(28-29)17-8-7-16(24)12-25-17/h5-13H,1-4H3,(H,27,30). The van der Waals surface area contributed by atoms with E-state index in [4.69, 9.17) is 11.6 Å². The molecule has 0 aliphatic heterocycles. The van der Waals surface area contributed by atoms with E-state index in [9.17, 15) is 4.79 Å². The molecule has 0 radical (unpaired) electrons. The van der Waals surface area contributed by atoms with Gasteiger partial charge in [0.25, 0.3) is 0 Å². The Kier molecular flexibility index (Phi) is 5.03. The Balaban J connectivity index is 1.68. The first-order valence-corrected chi connectivity index (χ1v) is 9.99. The second kappa shape index (κ2) is 7.54. The summed E-state index contributed by atoms with van der Waals surface area (Å²) >= 11 is 5.92. The molecule has 0 aliphatic carbocycles. The normalized spacial score (nSPS) is 11.6. The molecule has 1 aromatic carbocycles. The summed E-state index contributed by atoms with van der Waals surface area (Å²) < 4.78 is 1.73. The number of amides is 1. The fourth-order valence-electron chi connectivity index (χ4n) is 2.91. The lowest BCUT2D eigenvalue weighted by molar-refractivity contribution is -0.123. The smallest absolute Gasteiger partial charge is 0.229 e. The van der Waals surface area contributed by atoms with Gasteiger partial charge in [-0.05, 0) is 42.8 Å². The number of halogens is 1. The molecule has 3 aromatic heterocycles. The number of nitrogens with zero attached hydrogens (tertiary/aromatic N) is 4. The Hall–Kier alpha value is -3.25. The number of hydrogen-bond acceptors (Lipinski definition) is 4. The van der Waals surface area contributed by atoms with Gasteiger partial charge in [-0.3, -0.25) is 9.78 Å². The van der Waals surface area contributed by atoms with E-state index in [0.29, 0.717) is 5.02 Å². The molecule has 6 nitrogen and oxygen atoms in total. The average Bonchev–Trinajstić information content (AvgIpc) is 3.12. The van der Waals surface area contributed by atoms with Gasteiger partial charge < -0.3 is 5.32 Å². The minimum Gasteiger partial charge on any atom is -0.325 e. The van der Waals surface area contributed by atoms with Crippen molar-refractivity contribution in [3.63, 3.8) is 0 Å². The Labute approximate surface area is 179 Å². The van der Waals surface area contributed by atoms with E-state index < -0.39 is 5.41 Å². The zero-order chi connectivity index (χ0) is 21.5. The maximum absolute atomic E-state index is 12.4. The predicted octanol–water partition coefficient (Wildman–Crippen LogP) is 5.40. The number of aromatic nitrogens is 4. The Morgan fingerprint density at radius 3 is 2.50 bits per heavy atom. The van der Waals surface area contributed by atoms with Crippen molar-refractivity contribution in [3.8, 4) is 22.6 Å². The van der Waals surface area contributed by atoms with Gasteiger partial charge >= 0.3 is 0 Å². The first kappa shape index (κ1) is 20.0. The highest BCUT2D eigenvalue weighted by molar-refractivity contribution is 6.30. The van der Waals surface area contributed by atoms with Crippen LogP contribution in [0.5, 0.6) is 0 Å². The van der Waals surface area contributed by atoms with Crippen LogP contribution in [0.2, 0.25) is 5.02 Å². The van der Waals surface area contributed by atoms with E-state index in [0.717, 1.165) is 39.5 Å². The Morgan fingerprint density at radius 2 is 1.80 bits per heavy atom. The largest absolute Gasteiger partial charge is 0.325 e. The molecule has 152 valence electrons. The highest BCUT2D eigenvalue weighted by Crippen LogP contribution is 2.27. The Morgan fingerprint density at radius 1 is 1.03 bits per heavy atom. The molecule has 0 fully saturated rings. The summed E-state index contributed by atoms with van der Waals surface area (Å²) in [6.45, 7) is 7.64. The van der Waals surface area contributed by atoms with Crippen LogP contribution in [0.4, 0.5) is 5.69 Å². The number of nitrogens with one attached hydrogen (secondary N) is 1. The number of hydrogen-bond donors (Lipinski definition) is 1. The van der Waals surface area contributed by atoms with Gasteiger partial charge in [0.05, 0.1) is 22.6 Å². The number of pyridine rings is 1. The molecule has 4 aromatic rings. The van der Waals surface area contributed by atoms with Crippen molar-refractivity contribution in [3.05, 3.63) is 65.4 Å². The first-order chi connectivity index (χ1) is 14.2. The van der Waals surface area contributed by atoms with Crippen molar-refractivity contribution in [2.24, 2.45) is 5.41 Å². The van der Waals surface area contributed by atoms with Crippen molar-refractivity contribution in [1.29, 1.82) is 0 Å². The number of aryl methyl sites for hydroxylation is 1. The maximum atomic E-state index is 12.4. The quantitative estimate of drug-likeness (QED) is 0.482. The van der Waals surface area contributed by atoms with Crippen LogP contribution in [0.25, 0.3) is 28.3 Å². The molecule has 0 unspecified atom stereocenters. The first-order valence-electron chi connectivity index (χ1n) is 9.61. The summed E-state index contributed by atoms with van der Waals surface area (Å²) in [5.41, 5.74) is 5.17. The number of carbonyl (C=O) groups is 1. The second-order valence-corrected chi connectivity index (χ2v) is 8.68. The number of imidazole rings is 1. The van der Waals surface area contributed by atoms with Gasteiger partial charge in [0, 0.05) is 22.9 Å². The van der Waals surface area contributed by atoms with Crippen molar-refractivity contribution >= 4 is 28.8 Å². The van der Waals surface area contributed by atoms with Gasteiger partial charge in [0.2, 0.25) is 5.91 Å². The molecule has 0 saturated carbocycles. The molecule has 0 spiro atoms. The van der Waals surface area contributed by atoms with Crippen molar-refractivity contribution in [1.82, 2.24) is 19.6 Å². The molecule has 3 heterocycles. The van der Waals surface area contributed by atoms with Crippen molar-refractivity contribution in [2.75, 3.05) is 5.32 Å². The van der Waals surface area contributed by atoms with Crippen LogP contribution in [0.15, 0.2) is 54.9 Å². The summed E-state index contributed by atoms with van der Waals surface area (Å²) in [7, 11) is 0. The maximum Gasteiger partial charge on any atom is 0.229 e. The molecule has 0 atom stereocenters. The molecule has 0 aliphatic rings. The number of rotatable bonds is 3. The van der Waals surface area contributed by atoms with E-state index >= 15 is 0 Å². The summed E-state index contributed by atoms with van der Waals surface area (Å²) in [6, 6.07) is 13.3. The number of benzene rings is 1. The van der Waals surface area contributed by atoms with Gasteiger partial charge in [-0.1, -0.05) is 44.5 Å². The summed E-state index contributed by atoms with van der Waals surface area (Å²) in [4.78, 5) is 21.4. The van der Waals surface area contributed by atoms with Crippen LogP contribution in [-0.2, 0) is 4.79 Å². The average molecular weight is 420 g/mol. The molecule has 0 bridgehead atoms.